The number of piperazine rings is 1. The molecular formula is C21H31N3O3. The van der Waals surface area contributed by atoms with Crippen molar-refractivity contribution in [3.8, 4) is 5.75 Å². The van der Waals surface area contributed by atoms with Gasteiger partial charge in [0.1, 0.15) is 11.9 Å². The number of methoxy groups -OCH3 is 1. The van der Waals surface area contributed by atoms with Gasteiger partial charge in [0.05, 0.1) is 13.2 Å². The van der Waals surface area contributed by atoms with Gasteiger partial charge in [-0.15, -0.1) is 0 Å². The van der Waals surface area contributed by atoms with Crippen LogP contribution in [0.5, 0.6) is 5.75 Å². The molecule has 0 saturated carbocycles. The molecule has 1 amide bonds. The Kier molecular flexibility index (Phi) is 5.66. The van der Waals surface area contributed by atoms with Gasteiger partial charge in [0.2, 0.25) is 0 Å². The predicted molar refractivity (Wildman–Crippen MR) is 104 cm³/mol. The Labute approximate surface area is 162 Å². The number of amides is 1. The number of rotatable bonds is 4. The number of likely N-dealkylation sites (N-methyl/N-ethyl adjacent to an activating group) is 1. The highest BCUT2D eigenvalue weighted by Gasteiger charge is 2.42. The lowest BCUT2D eigenvalue weighted by molar-refractivity contribution is -0.156. The molecule has 0 bridgehead atoms. The third kappa shape index (κ3) is 4.13. The highest BCUT2D eigenvalue weighted by atomic mass is 16.5. The zero-order chi connectivity index (χ0) is 18.8. The van der Waals surface area contributed by atoms with Gasteiger partial charge in [-0.05, 0) is 44.0 Å². The van der Waals surface area contributed by atoms with E-state index in [4.69, 9.17) is 9.47 Å². The zero-order valence-corrected chi connectivity index (χ0v) is 16.5. The zero-order valence-electron chi connectivity index (χ0n) is 16.5. The minimum Gasteiger partial charge on any atom is -0.497 e. The number of likely N-dealkylation sites (tertiary alicyclic amines) is 1. The first-order chi connectivity index (χ1) is 13.1. The Morgan fingerprint density at radius 3 is 2.52 bits per heavy atom. The van der Waals surface area contributed by atoms with Gasteiger partial charge in [-0.25, -0.2) is 0 Å². The number of fused-ring (bicyclic) bond motifs is 1. The number of hydrogen-bond acceptors (Lipinski definition) is 5. The predicted octanol–water partition coefficient (Wildman–Crippen LogP) is 1.59. The fourth-order valence-corrected chi connectivity index (χ4v) is 4.59. The Morgan fingerprint density at radius 2 is 1.81 bits per heavy atom. The maximum atomic E-state index is 12.8. The van der Waals surface area contributed by atoms with Crippen molar-refractivity contribution in [1.29, 1.82) is 0 Å². The van der Waals surface area contributed by atoms with E-state index in [2.05, 4.69) is 29.0 Å². The molecule has 27 heavy (non-hydrogen) atoms. The molecule has 0 aromatic heterocycles. The molecule has 148 valence electrons. The molecule has 0 N–H and O–H groups in total. The van der Waals surface area contributed by atoms with Crippen LogP contribution in [0.1, 0.15) is 24.8 Å². The van der Waals surface area contributed by atoms with Gasteiger partial charge in [0.25, 0.3) is 5.91 Å². The number of carbonyl (C=O) groups excluding carboxylic acids is 1. The average molecular weight is 373 g/mol. The molecule has 3 aliphatic rings. The van der Waals surface area contributed by atoms with Crippen molar-refractivity contribution < 1.29 is 14.3 Å². The molecule has 0 radical (unpaired) electrons. The second-order valence-electron chi connectivity index (χ2n) is 8.04. The summed E-state index contributed by atoms with van der Waals surface area (Å²) in [6.45, 7) is 5.54. The Bertz CT molecular complexity index is 643. The molecule has 3 heterocycles. The van der Waals surface area contributed by atoms with Crippen molar-refractivity contribution in [1.82, 2.24) is 14.7 Å². The molecule has 3 aliphatic heterocycles. The second-order valence-corrected chi connectivity index (χ2v) is 8.04. The minimum atomic E-state index is -0.240. The maximum Gasteiger partial charge on any atom is 0.251 e. The van der Waals surface area contributed by atoms with Crippen molar-refractivity contribution in [2.75, 3.05) is 46.9 Å². The van der Waals surface area contributed by atoms with Crippen molar-refractivity contribution in [3.63, 3.8) is 0 Å². The molecule has 3 atom stereocenters. The first kappa shape index (κ1) is 18.7. The van der Waals surface area contributed by atoms with Crippen LogP contribution in [-0.4, -0.2) is 85.7 Å². The lowest BCUT2D eigenvalue weighted by atomic mass is 9.98. The van der Waals surface area contributed by atoms with Crippen molar-refractivity contribution in [2.24, 2.45) is 0 Å². The SMILES string of the molecule is COc1ccc(CN2CC[C@@H]3O[C@H](C(=O)N4CCN(C)CC4)CC[C@@H]32)cc1. The first-order valence-corrected chi connectivity index (χ1v) is 10.1. The van der Waals surface area contributed by atoms with Crippen LogP contribution in [0.3, 0.4) is 0 Å². The minimum absolute atomic E-state index is 0.193. The number of carbonyl (C=O) groups is 1. The molecule has 3 saturated heterocycles. The van der Waals surface area contributed by atoms with E-state index >= 15 is 0 Å². The summed E-state index contributed by atoms with van der Waals surface area (Å²) in [6.07, 6.45) is 2.86. The van der Waals surface area contributed by atoms with E-state index in [1.165, 1.54) is 5.56 Å². The van der Waals surface area contributed by atoms with Crippen molar-refractivity contribution in [3.05, 3.63) is 29.8 Å². The van der Waals surface area contributed by atoms with Crippen LogP contribution < -0.4 is 4.74 Å². The number of hydrogen-bond donors (Lipinski definition) is 0. The molecule has 0 aliphatic carbocycles. The third-order valence-electron chi connectivity index (χ3n) is 6.30. The number of benzene rings is 1. The molecule has 6 heteroatoms. The van der Waals surface area contributed by atoms with E-state index in [9.17, 15) is 4.79 Å². The average Bonchev–Trinajstić information content (AvgIpc) is 3.10. The van der Waals surface area contributed by atoms with Gasteiger partial charge in [0, 0.05) is 45.3 Å². The van der Waals surface area contributed by atoms with E-state index in [1.54, 1.807) is 7.11 Å². The fraction of sp³-hybridized carbons (Fsp3) is 0.667. The molecule has 0 unspecified atom stereocenters. The van der Waals surface area contributed by atoms with Gasteiger partial charge in [0.15, 0.2) is 0 Å². The monoisotopic (exact) mass is 373 g/mol. The van der Waals surface area contributed by atoms with Crippen LogP contribution in [0.2, 0.25) is 0 Å². The smallest absolute Gasteiger partial charge is 0.251 e. The summed E-state index contributed by atoms with van der Waals surface area (Å²) in [5, 5.41) is 0. The fourth-order valence-electron chi connectivity index (χ4n) is 4.59. The van der Waals surface area contributed by atoms with Gasteiger partial charge < -0.3 is 19.3 Å². The Hall–Kier alpha value is -1.63. The van der Waals surface area contributed by atoms with Crippen LogP contribution in [0, 0.1) is 0 Å². The van der Waals surface area contributed by atoms with Crippen LogP contribution in [0.4, 0.5) is 0 Å². The summed E-state index contributed by atoms with van der Waals surface area (Å²) in [5.74, 6) is 1.10. The van der Waals surface area contributed by atoms with Crippen LogP contribution in [0.25, 0.3) is 0 Å². The summed E-state index contributed by atoms with van der Waals surface area (Å²) >= 11 is 0. The lowest BCUT2D eigenvalue weighted by Crippen LogP contribution is -2.53. The van der Waals surface area contributed by atoms with Gasteiger partial charge in [-0.2, -0.15) is 0 Å². The van der Waals surface area contributed by atoms with Gasteiger partial charge in [-0.3, -0.25) is 9.69 Å². The van der Waals surface area contributed by atoms with Crippen LogP contribution >= 0.6 is 0 Å². The normalized spacial score (nSPS) is 29.6. The van der Waals surface area contributed by atoms with Crippen molar-refractivity contribution >= 4 is 5.91 Å². The highest BCUT2D eigenvalue weighted by Crippen LogP contribution is 2.33. The van der Waals surface area contributed by atoms with E-state index in [0.717, 1.165) is 64.3 Å². The van der Waals surface area contributed by atoms with Gasteiger partial charge in [-0.1, -0.05) is 12.1 Å². The van der Waals surface area contributed by atoms with E-state index < -0.39 is 0 Å². The summed E-state index contributed by atoms with van der Waals surface area (Å²) in [7, 11) is 3.80. The number of nitrogens with zero attached hydrogens (tertiary/aromatic N) is 3. The largest absolute Gasteiger partial charge is 0.497 e. The van der Waals surface area contributed by atoms with E-state index in [0.29, 0.717) is 6.04 Å². The molecule has 4 rings (SSSR count). The summed E-state index contributed by atoms with van der Waals surface area (Å²) in [6, 6.07) is 8.74. The standard InChI is InChI=1S/C21H31N3O3/c1-22-11-13-23(14-12-22)21(25)20-8-7-18-19(27-20)9-10-24(18)15-16-3-5-17(26-2)6-4-16/h3-6,18-20H,7-15H2,1-2H3/t18-,19-,20-/m0/s1. The van der Waals surface area contributed by atoms with Gasteiger partial charge >= 0.3 is 0 Å². The Balaban J connectivity index is 1.32. The van der Waals surface area contributed by atoms with Crippen LogP contribution in [-0.2, 0) is 16.1 Å². The highest BCUT2D eigenvalue weighted by molar-refractivity contribution is 5.81. The summed E-state index contributed by atoms with van der Waals surface area (Å²) in [5.41, 5.74) is 1.30. The topological polar surface area (TPSA) is 45.3 Å². The molecule has 1 aromatic rings. The summed E-state index contributed by atoms with van der Waals surface area (Å²) < 4.78 is 11.5. The third-order valence-corrected chi connectivity index (χ3v) is 6.30. The van der Waals surface area contributed by atoms with Crippen molar-refractivity contribution in [2.45, 2.75) is 44.1 Å². The molecule has 6 nitrogen and oxygen atoms in total. The number of ether oxygens (including phenoxy) is 2. The van der Waals surface area contributed by atoms with Crippen LogP contribution in [0.15, 0.2) is 24.3 Å². The first-order valence-electron chi connectivity index (χ1n) is 10.1. The van der Waals surface area contributed by atoms with E-state index in [1.807, 2.05) is 17.0 Å². The quantitative estimate of drug-likeness (QED) is 0.802. The van der Waals surface area contributed by atoms with E-state index in [-0.39, 0.29) is 18.1 Å². The molecule has 0 spiro atoms. The maximum absolute atomic E-state index is 12.8. The molecule has 1 aromatic carbocycles. The molecule has 3 fully saturated rings. The Morgan fingerprint density at radius 1 is 1.07 bits per heavy atom. The second kappa shape index (κ2) is 8.17. The molecular weight excluding hydrogens is 342 g/mol. The summed E-state index contributed by atoms with van der Waals surface area (Å²) in [4.78, 5) is 19.6. The lowest BCUT2D eigenvalue weighted by Gasteiger charge is -2.39.